The van der Waals surface area contributed by atoms with Crippen molar-refractivity contribution in [2.45, 2.75) is 89.3 Å². The van der Waals surface area contributed by atoms with Crippen molar-refractivity contribution in [2.75, 3.05) is 6.54 Å². The van der Waals surface area contributed by atoms with E-state index in [1.54, 1.807) is 6.07 Å². The first kappa shape index (κ1) is 19.9. The van der Waals surface area contributed by atoms with Crippen molar-refractivity contribution in [3.63, 3.8) is 0 Å². The Balaban J connectivity index is 1.63. The third-order valence-electron chi connectivity index (χ3n) is 5.80. The van der Waals surface area contributed by atoms with E-state index in [-0.39, 0.29) is 29.9 Å². The minimum atomic E-state index is -0.178. The van der Waals surface area contributed by atoms with Crippen molar-refractivity contribution in [3.05, 3.63) is 17.5 Å². The van der Waals surface area contributed by atoms with Crippen LogP contribution in [-0.4, -0.2) is 46.5 Å². The summed E-state index contributed by atoms with van der Waals surface area (Å²) in [4.78, 5) is 27.3. The molecule has 0 radical (unpaired) electrons. The minimum Gasteiger partial charge on any atom is -0.360 e. The van der Waals surface area contributed by atoms with Gasteiger partial charge in [-0.15, -0.1) is 0 Å². The van der Waals surface area contributed by atoms with Crippen molar-refractivity contribution < 1.29 is 14.1 Å². The van der Waals surface area contributed by atoms with Crippen LogP contribution >= 0.6 is 0 Å². The lowest BCUT2D eigenvalue weighted by Gasteiger charge is -2.45. The summed E-state index contributed by atoms with van der Waals surface area (Å²) in [6, 6.07) is 2.12. The molecule has 2 fully saturated rings. The quantitative estimate of drug-likeness (QED) is 0.726. The summed E-state index contributed by atoms with van der Waals surface area (Å²) >= 11 is 0. The Labute approximate surface area is 161 Å². The van der Waals surface area contributed by atoms with Crippen molar-refractivity contribution in [1.82, 2.24) is 15.4 Å². The Morgan fingerprint density at radius 1 is 1.26 bits per heavy atom. The standard InChI is InChI=1S/C20H32N4O3/c1-3-15-10-14(11-16(4-2)24(15)19(25)6-5-9-21)22-20(26)17-12-18(27-23-17)13-7-8-13/h12-16H,3-11,21H2,1-2H3,(H,22,26)/t14?,15-,16+. The summed E-state index contributed by atoms with van der Waals surface area (Å²) in [5.41, 5.74) is 5.93. The Bertz CT molecular complexity index is 641. The van der Waals surface area contributed by atoms with Crippen LogP contribution < -0.4 is 11.1 Å². The molecular weight excluding hydrogens is 344 g/mol. The second-order valence-electron chi connectivity index (χ2n) is 7.85. The van der Waals surface area contributed by atoms with Gasteiger partial charge in [0.1, 0.15) is 5.76 Å². The van der Waals surface area contributed by atoms with Crippen LogP contribution in [0.15, 0.2) is 10.6 Å². The third-order valence-corrected chi connectivity index (χ3v) is 5.80. The second kappa shape index (κ2) is 8.87. The van der Waals surface area contributed by atoms with E-state index in [0.29, 0.717) is 24.6 Å². The lowest BCUT2D eigenvalue weighted by atomic mass is 9.88. The molecule has 1 aliphatic heterocycles. The number of nitrogens with zero attached hydrogens (tertiary/aromatic N) is 2. The molecule has 3 N–H and O–H groups in total. The zero-order valence-electron chi connectivity index (χ0n) is 16.4. The molecule has 1 aromatic heterocycles. The molecule has 1 aromatic rings. The topological polar surface area (TPSA) is 101 Å². The molecular formula is C20H32N4O3. The van der Waals surface area contributed by atoms with Gasteiger partial charge in [-0.3, -0.25) is 9.59 Å². The second-order valence-corrected chi connectivity index (χ2v) is 7.85. The van der Waals surface area contributed by atoms with Gasteiger partial charge in [-0.25, -0.2) is 0 Å². The highest BCUT2D eigenvalue weighted by molar-refractivity contribution is 5.92. The molecule has 1 aliphatic carbocycles. The first-order chi connectivity index (χ1) is 13.1. The summed E-state index contributed by atoms with van der Waals surface area (Å²) in [7, 11) is 0. The summed E-state index contributed by atoms with van der Waals surface area (Å²) in [6.45, 7) is 4.74. The van der Waals surface area contributed by atoms with E-state index in [9.17, 15) is 9.59 Å². The Hall–Kier alpha value is -1.89. The molecule has 0 spiro atoms. The number of hydrogen-bond acceptors (Lipinski definition) is 5. The van der Waals surface area contributed by atoms with Crippen LogP contribution in [0.2, 0.25) is 0 Å². The van der Waals surface area contributed by atoms with Gasteiger partial charge in [0.2, 0.25) is 5.91 Å². The van der Waals surface area contributed by atoms with Crippen molar-refractivity contribution in [2.24, 2.45) is 5.73 Å². The highest BCUT2D eigenvalue weighted by atomic mass is 16.5. The number of nitrogens with one attached hydrogen (secondary N) is 1. The van der Waals surface area contributed by atoms with Gasteiger partial charge in [-0.1, -0.05) is 19.0 Å². The van der Waals surface area contributed by atoms with E-state index < -0.39 is 0 Å². The number of amides is 2. The van der Waals surface area contributed by atoms with Crippen LogP contribution in [0.4, 0.5) is 0 Å². The Morgan fingerprint density at radius 3 is 2.48 bits per heavy atom. The smallest absolute Gasteiger partial charge is 0.273 e. The van der Waals surface area contributed by atoms with E-state index in [4.69, 9.17) is 10.3 Å². The van der Waals surface area contributed by atoms with Gasteiger partial charge in [0.15, 0.2) is 5.69 Å². The summed E-state index contributed by atoms with van der Waals surface area (Å²) in [6.07, 6.45) is 6.77. The molecule has 27 heavy (non-hydrogen) atoms. The maximum Gasteiger partial charge on any atom is 0.273 e. The van der Waals surface area contributed by atoms with Crippen LogP contribution in [0.5, 0.6) is 0 Å². The molecule has 7 nitrogen and oxygen atoms in total. The monoisotopic (exact) mass is 376 g/mol. The first-order valence-electron chi connectivity index (χ1n) is 10.4. The Kier molecular flexibility index (Phi) is 6.52. The number of hydrogen-bond donors (Lipinski definition) is 2. The number of nitrogens with two attached hydrogens (primary N) is 1. The zero-order valence-corrected chi connectivity index (χ0v) is 16.4. The predicted molar refractivity (Wildman–Crippen MR) is 102 cm³/mol. The molecule has 2 amide bonds. The number of likely N-dealkylation sites (tertiary alicyclic amines) is 1. The van der Waals surface area contributed by atoms with E-state index in [1.807, 2.05) is 0 Å². The molecule has 3 rings (SSSR count). The maximum absolute atomic E-state index is 12.7. The van der Waals surface area contributed by atoms with Gasteiger partial charge in [-0.05, 0) is 51.5 Å². The lowest BCUT2D eigenvalue weighted by Crippen LogP contribution is -2.56. The molecule has 0 bridgehead atoms. The lowest BCUT2D eigenvalue weighted by molar-refractivity contribution is -0.139. The number of carbonyl (C=O) groups is 2. The van der Waals surface area contributed by atoms with Crippen molar-refractivity contribution >= 4 is 11.8 Å². The van der Waals surface area contributed by atoms with Crippen LogP contribution in [0.1, 0.15) is 87.4 Å². The molecule has 3 atom stereocenters. The van der Waals surface area contributed by atoms with E-state index in [1.165, 1.54) is 0 Å². The zero-order chi connectivity index (χ0) is 19.4. The van der Waals surface area contributed by atoms with Gasteiger partial charge >= 0.3 is 0 Å². The van der Waals surface area contributed by atoms with Crippen molar-refractivity contribution in [1.29, 1.82) is 0 Å². The first-order valence-corrected chi connectivity index (χ1v) is 10.4. The molecule has 1 unspecified atom stereocenters. The fourth-order valence-corrected chi connectivity index (χ4v) is 4.13. The molecule has 2 aliphatic rings. The Morgan fingerprint density at radius 2 is 1.93 bits per heavy atom. The highest BCUT2D eigenvalue weighted by Gasteiger charge is 2.37. The van der Waals surface area contributed by atoms with Crippen LogP contribution in [-0.2, 0) is 4.79 Å². The summed E-state index contributed by atoms with van der Waals surface area (Å²) in [5, 5.41) is 7.05. The molecule has 150 valence electrons. The largest absolute Gasteiger partial charge is 0.360 e. The molecule has 1 saturated carbocycles. The number of aromatic nitrogens is 1. The van der Waals surface area contributed by atoms with Gasteiger partial charge < -0.3 is 20.5 Å². The number of piperidine rings is 1. The molecule has 2 heterocycles. The number of carbonyl (C=O) groups excluding carboxylic acids is 2. The normalized spacial score (nSPS) is 25.4. The fourth-order valence-electron chi connectivity index (χ4n) is 4.13. The predicted octanol–water partition coefficient (Wildman–Crippen LogP) is 2.57. The van der Waals surface area contributed by atoms with Gasteiger partial charge in [0.05, 0.1) is 0 Å². The average molecular weight is 377 g/mol. The molecule has 0 aromatic carbocycles. The minimum absolute atomic E-state index is 0.0482. The summed E-state index contributed by atoms with van der Waals surface area (Å²) in [5.74, 6) is 1.27. The van der Waals surface area contributed by atoms with E-state index >= 15 is 0 Å². The molecule has 7 heteroatoms. The van der Waals surface area contributed by atoms with Crippen molar-refractivity contribution in [3.8, 4) is 0 Å². The average Bonchev–Trinajstić information content (AvgIpc) is 3.41. The van der Waals surface area contributed by atoms with Gasteiger partial charge in [0.25, 0.3) is 5.91 Å². The third kappa shape index (κ3) is 4.69. The number of rotatable bonds is 8. The van der Waals surface area contributed by atoms with Gasteiger partial charge in [0, 0.05) is 36.5 Å². The van der Waals surface area contributed by atoms with E-state index in [2.05, 4.69) is 29.2 Å². The highest BCUT2D eigenvalue weighted by Crippen LogP contribution is 2.40. The van der Waals surface area contributed by atoms with Crippen LogP contribution in [0.3, 0.4) is 0 Å². The van der Waals surface area contributed by atoms with Crippen LogP contribution in [0.25, 0.3) is 0 Å². The van der Waals surface area contributed by atoms with E-state index in [0.717, 1.165) is 50.7 Å². The molecule has 1 saturated heterocycles. The van der Waals surface area contributed by atoms with Gasteiger partial charge in [-0.2, -0.15) is 0 Å². The SMILES string of the molecule is CC[C@@H]1CC(NC(=O)c2cc(C3CC3)on2)C[C@H](CC)N1C(=O)CCCN. The van der Waals surface area contributed by atoms with Crippen LogP contribution in [0, 0.1) is 0 Å². The summed E-state index contributed by atoms with van der Waals surface area (Å²) < 4.78 is 5.30. The maximum atomic E-state index is 12.7. The fraction of sp³-hybridized carbons (Fsp3) is 0.750.